The van der Waals surface area contributed by atoms with Crippen molar-refractivity contribution in [2.24, 2.45) is 50.2 Å². The van der Waals surface area contributed by atoms with Crippen LogP contribution in [0.4, 0.5) is 0 Å². The summed E-state index contributed by atoms with van der Waals surface area (Å²) in [5.41, 5.74) is -3.81. The zero-order chi connectivity index (χ0) is 83.0. The number of allylic oxidation sites excluding steroid dienone is 2. The van der Waals surface area contributed by atoms with Crippen LogP contribution in [0.1, 0.15) is 127 Å². The molecule has 652 valence electrons. The van der Waals surface area contributed by atoms with Crippen molar-refractivity contribution < 1.29 is 192 Å². The topological polar surface area (TPSA) is 603 Å². The molecule has 114 heavy (non-hydrogen) atoms. The highest BCUT2D eigenvalue weighted by molar-refractivity contribution is 5.79. The molecule has 0 aromatic rings. The number of carboxylic acids is 1. The number of aliphatic carboxylic acids is 1. The molecule has 0 bridgehead atoms. The number of carbonyl (C=O) groups excluding carboxylic acids is 2. The van der Waals surface area contributed by atoms with Crippen LogP contribution in [0.3, 0.4) is 0 Å². The summed E-state index contributed by atoms with van der Waals surface area (Å²) < 4.78 is 96.8. The summed E-state index contributed by atoms with van der Waals surface area (Å²) in [6.45, 7) is 14.4. The van der Waals surface area contributed by atoms with Crippen LogP contribution in [0.15, 0.2) is 11.6 Å². The number of aliphatic hydroxyl groups is 19. The molecule has 5 aliphatic carbocycles. The van der Waals surface area contributed by atoms with E-state index in [1.807, 2.05) is 0 Å². The van der Waals surface area contributed by atoms with Gasteiger partial charge in [-0.3, -0.25) is 4.79 Å². The van der Waals surface area contributed by atoms with E-state index in [0.29, 0.717) is 51.4 Å². The molecule has 8 heterocycles. The van der Waals surface area contributed by atoms with Gasteiger partial charge in [0.2, 0.25) is 6.29 Å². The molecule has 0 radical (unpaired) electrons. The summed E-state index contributed by atoms with van der Waals surface area (Å²) in [5.74, 6) is -3.53. The van der Waals surface area contributed by atoms with Crippen molar-refractivity contribution in [3.8, 4) is 0 Å². The third-order valence-electron chi connectivity index (χ3n) is 28.5. The molecule has 13 aliphatic rings. The van der Waals surface area contributed by atoms with E-state index >= 15 is 4.79 Å². The van der Waals surface area contributed by atoms with Gasteiger partial charge in [0.1, 0.15) is 153 Å². The monoisotopic (exact) mass is 1640 g/mol. The summed E-state index contributed by atoms with van der Waals surface area (Å²) in [7, 11) is 0. The van der Waals surface area contributed by atoms with E-state index in [1.165, 1.54) is 20.8 Å². The van der Waals surface area contributed by atoms with E-state index in [4.69, 9.17) is 75.8 Å². The molecule has 4 saturated carbocycles. The molecule has 39 heteroatoms. The Morgan fingerprint density at radius 2 is 0.947 bits per heavy atom. The molecule has 13 rings (SSSR count). The zero-order valence-corrected chi connectivity index (χ0v) is 64.9. The van der Waals surface area contributed by atoms with Gasteiger partial charge in [-0.15, -0.1) is 0 Å². The Labute approximate surface area is 656 Å². The second kappa shape index (κ2) is 33.7. The fraction of sp³-hybridized carbons (Fsp3) is 0.933. The average molecular weight is 1640 g/mol. The summed E-state index contributed by atoms with van der Waals surface area (Å²) in [5, 5.41) is 220. The second-order valence-electron chi connectivity index (χ2n) is 35.8. The van der Waals surface area contributed by atoms with E-state index in [-0.39, 0.29) is 24.2 Å². The SMILES string of the molecule is C[C@@H]1O[C@@H](O[C@H]2[C@@H](O)[C@H](O[C@H]3O[C@@H](C)[C@H](O[C@H]4OC[C@@H](O)[C@H](O[C@H]5OC[C@@H](O)[C@H](O)[C@H]5O)[C@H]4O)[C@@H](O)[C@H]3O)[C@H](OC(=O)[C@]34CCC(C)(C)C[C@H]3C3=CC[C@@H]5[C@@]6(C)CC[C@H](O[C@@H]7O[C@H](C(=O)O)[C@@H](O)[C@H](O[C@@H]8OC[C@H](O)[C@@H](O)[C@@H]8O)[C@H]7O[C@@H]7O[C@H](CO)[C@H](O)[C@H](O)[C@H]7O)[C@@](C)(C=O)[C@@H]6CC[C@@]5(C)[C@]3(C)CC4)O[C@H]2C)[C@@H](O)[C@H](O)[C@H]1O. The average Bonchev–Trinajstić information content (AvgIpc) is 0.673. The number of ether oxygens (including phenoxy) is 16. The molecule has 39 nitrogen and oxygen atoms in total. The Hall–Kier alpha value is -3.01. The Balaban J connectivity index is 0.756. The number of aliphatic hydroxyl groups excluding tert-OH is 19. The fourth-order valence-electron chi connectivity index (χ4n) is 21.3. The van der Waals surface area contributed by atoms with Gasteiger partial charge in [0.25, 0.3) is 0 Å². The molecule has 12 fully saturated rings. The normalized spacial score (nSPS) is 55.1. The van der Waals surface area contributed by atoms with Crippen molar-refractivity contribution in [3.05, 3.63) is 11.6 Å². The zero-order valence-electron chi connectivity index (χ0n) is 64.9. The van der Waals surface area contributed by atoms with Gasteiger partial charge in [-0.05, 0) is 124 Å². The van der Waals surface area contributed by atoms with E-state index in [1.54, 1.807) is 6.92 Å². The maximum Gasteiger partial charge on any atom is 0.335 e. The van der Waals surface area contributed by atoms with Gasteiger partial charge in [-0.2, -0.15) is 0 Å². The number of carboxylic acid groups (broad SMARTS) is 1. The minimum absolute atomic E-state index is 0.120. The quantitative estimate of drug-likeness (QED) is 0.0247. The lowest BCUT2D eigenvalue weighted by atomic mass is 9.33. The summed E-state index contributed by atoms with van der Waals surface area (Å²) >= 11 is 0. The van der Waals surface area contributed by atoms with Crippen LogP contribution in [-0.4, -0.2) is 380 Å². The highest BCUT2D eigenvalue weighted by Gasteiger charge is 2.72. The van der Waals surface area contributed by atoms with Crippen LogP contribution in [0.5, 0.6) is 0 Å². The van der Waals surface area contributed by atoms with Crippen LogP contribution in [-0.2, 0) is 90.2 Å². The van der Waals surface area contributed by atoms with Crippen molar-refractivity contribution in [1.29, 1.82) is 0 Å². The van der Waals surface area contributed by atoms with Gasteiger partial charge in [-0.25, -0.2) is 4.79 Å². The van der Waals surface area contributed by atoms with Crippen molar-refractivity contribution in [1.82, 2.24) is 0 Å². The number of hydrogen-bond donors (Lipinski definition) is 20. The molecule has 0 amide bonds. The van der Waals surface area contributed by atoms with Crippen molar-refractivity contribution in [3.63, 3.8) is 0 Å². The predicted octanol–water partition coefficient (Wildman–Crippen LogP) is -6.47. The van der Waals surface area contributed by atoms with Gasteiger partial charge in [0.15, 0.2) is 56.2 Å². The minimum atomic E-state index is -2.22. The predicted molar refractivity (Wildman–Crippen MR) is 372 cm³/mol. The van der Waals surface area contributed by atoms with Crippen LogP contribution in [0.25, 0.3) is 0 Å². The van der Waals surface area contributed by atoms with E-state index in [0.717, 1.165) is 11.9 Å². The lowest BCUT2D eigenvalue weighted by Gasteiger charge is -2.71. The molecule has 46 atom stereocenters. The van der Waals surface area contributed by atoms with Crippen molar-refractivity contribution in [2.45, 2.75) is 360 Å². The molecule has 8 saturated heterocycles. The van der Waals surface area contributed by atoms with Crippen LogP contribution >= 0.6 is 0 Å². The van der Waals surface area contributed by atoms with Gasteiger partial charge >= 0.3 is 11.9 Å². The second-order valence-corrected chi connectivity index (χ2v) is 35.8. The van der Waals surface area contributed by atoms with Crippen LogP contribution in [0, 0.1) is 50.2 Å². The standard InChI is InChI=1S/C75H118O39/c1-26-38(81)42(85)47(90)64(102-26)108-54-28(3)104-67(58(50(54)93)112-65-49(92)44(87)53(27(2)103-65)107-63-52(95)55(33(80)24-101-63)109-61-45(88)39(82)31(78)22-99-61)114-69(98)75-18-16-70(4,5)20-30(75)29-10-11-36-71(6)14-13-37(72(7,25-77)35(71)12-15-74(36,9)73(29,8)17-19-75)106-68-59(113-66-48(91)43(86)41(84)34(21-76)105-66)56(51(94)57(111-68)60(96)97)110-62-46(89)40(83)32(79)23-100-62/h10,25-28,30-59,61-68,76,78-95H,11-24H2,1-9H3,(H,96,97)/t26-,27-,28-,30-,31+,32-,33+,34+,35+,36+,37-,38-,39-,40+,41-,42+,43-,44-,45+,46-,47-,48+,49+,50+,51-,52+,53-,54+,55-,56-,57-,58-,59+,61+,62-,63+,64-,65+,66-,67-,68+,71-,72-,73+,74+,75-/m0/s1. The van der Waals surface area contributed by atoms with Crippen molar-refractivity contribution >= 4 is 18.2 Å². The maximum absolute atomic E-state index is 16.1. The lowest BCUT2D eigenvalue weighted by Crippen LogP contribution is -2.69. The fourth-order valence-corrected chi connectivity index (χ4v) is 21.3. The molecule has 0 aromatic heterocycles. The molecule has 0 spiro atoms. The lowest BCUT2D eigenvalue weighted by molar-refractivity contribution is -0.391. The van der Waals surface area contributed by atoms with E-state index in [9.17, 15) is 112 Å². The van der Waals surface area contributed by atoms with Crippen LogP contribution in [0.2, 0.25) is 0 Å². The van der Waals surface area contributed by atoms with Gasteiger partial charge in [0.05, 0.1) is 61.7 Å². The first-order chi connectivity index (χ1) is 53.5. The van der Waals surface area contributed by atoms with Crippen molar-refractivity contribution in [2.75, 3.05) is 26.4 Å². The molecule has 0 aromatic carbocycles. The first-order valence-corrected chi connectivity index (χ1v) is 39.7. The Bertz CT molecular complexity index is 3360. The molecule has 8 aliphatic heterocycles. The number of aldehydes is 1. The van der Waals surface area contributed by atoms with E-state index < -0.39 is 311 Å². The molecule has 0 unspecified atom stereocenters. The highest BCUT2D eigenvalue weighted by Crippen LogP contribution is 2.76. The summed E-state index contributed by atoms with van der Waals surface area (Å²) in [6.07, 6.45) is -59.8. The van der Waals surface area contributed by atoms with E-state index in [2.05, 4.69) is 40.7 Å². The number of rotatable bonds is 19. The smallest absolute Gasteiger partial charge is 0.335 e. The van der Waals surface area contributed by atoms with Gasteiger partial charge < -0.3 is 183 Å². The summed E-state index contributed by atoms with van der Waals surface area (Å²) in [4.78, 5) is 43.5. The minimum Gasteiger partial charge on any atom is -0.479 e. The largest absolute Gasteiger partial charge is 0.479 e. The number of hydrogen-bond acceptors (Lipinski definition) is 38. The first kappa shape index (κ1) is 88.8. The Morgan fingerprint density at radius 1 is 0.447 bits per heavy atom. The Kier molecular flexibility index (Phi) is 26.2. The van der Waals surface area contributed by atoms with Crippen LogP contribution < -0.4 is 0 Å². The number of fused-ring (bicyclic) bond motifs is 7. The van der Waals surface area contributed by atoms with Gasteiger partial charge in [-0.1, -0.05) is 53.2 Å². The molecule has 20 N–H and O–H groups in total. The highest BCUT2D eigenvalue weighted by atomic mass is 16.8. The molecular weight excluding hydrogens is 1520 g/mol. The molecular formula is C75H118O39. The third-order valence-corrected chi connectivity index (χ3v) is 28.5. The Morgan fingerprint density at radius 3 is 1.55 bits per heavy atom. The number of esters is 1. The number of carbonyl (C=O) groups is 3. The first-order valence-electron chi connectivity index (χ1n) is 39.7. The maximum atomic E-state index is 16.1. The van der Waals surface area contributed by atoms with Gasteiger partial charge in [0, 0.05) is 0 Å². The summed E-state index contributed by atoms with van der Waals surface area (Å²) in [6, 6.07) is 0. The third kappa shape index (κ3) is 15.5.